The molecule has 8 heteroatoms. The van der Waals surface area contributed by atoms with E-state index in [9.17, 15) is 18.0 Å². The Morgan fingerprint density at radius 3 is 2.25 bits per heavy atom. The molecule has 3 aromatic rings. The second-order valence-electron chi connectivity index (χ2n) is 6.17. The van der Waals surface area contributed by atoms with Crippen molar-refractivity contribution in [2.24, 2.45) is 0 Å². The highest BCUT2D eigenvalue weighted by Gasteiger charge is 2.33. The number of benzene rings is 2. The summed E-state index contributed by atoms with van der Waals surface area (Å²) in [4.78, 5) is 20.4. The standard InChI is InChI=1S/C20H17F3N4O/c1-12-6-5-9-16(13(12)2)27-19-24-10-14(11-25-19)18(28)26-17-8-4-3-7-15(17)20(21,22)23/h3-11H,1-2H3,(H,26,28)(H,24,25,27). The summed E-state index contributed by atoms with van der Waals surface area (Å²) in [6, 6.07) is 10.5. The Hall–Kier alpha value is -3.42. The first-order chi connectivity index (χ1) is 13.3. The summed E-state index contributed by atoms with van der Waals surface area (Å²) in [7, 11) is 0. The SMILES string of the molecule is Cc1cccc(Nc2ncc(C(=O)Nc3ccccc3C(F)(F)F)cn2)c1C. The van der Waals surface area contributed by atoms with E-state index in [4.69, 9.17) is 0 Å². The van der Waals surface area contributed by atoms with Crippen LogP contribution in [0, 0.1) is 13.8 Å². The first-order valence-electron chi connectivity index (χ1n) is 8.38. The van der Waals surface area contributed by atoms with Crippen LogP contribution in [0.4, 0.5) is 30.5 Å². The molecule has 0 saturated heterocycles. The van der Waals surface area contributed by atoms with Gasteiger partial charge in [-0.05, 0) is 43.2 Å². The molecule has 0 unspecified atom stereocenters. The lowest BCUT2D eigenvalue weighted by molar-refractivity contribution is -0.136. The fourth-order valence-electron chi connectivity index (χ4n) is 2.55. The maximum atomic E-state index is 13.0. The highest BCUT2D eigenvalue weighted by molar-refractivity contribution is 6.04. The van der Waals surface area contributed by atoms with Gasteiger partial charge in [0.15, 0.2) is 0 Å². The van der Waals surface area contributed by atoms with Gasteiger partial charge in [-0.15, -0.1) is 0 Å². The third-order valence-electron chi connectivity index (χ3n) is 4.25. The van der Waals surface area contributed by atoms with Crippen molar-refractivity contribution in [2.75, 3.05) is 10.6 Å². The van der Waals surface area contributed by atoms with E-state index in [2.05, 4.69) is 20.6 Å². The van der Waals surface area contributed by atoms with Crippen molar-refractivity contribution in [3.63, 3.8) is 0 Å². The number of carbonyl (C=O) groups is 1. The number of alkyl halides is 3. The molecule has 2 N–H and O–H groups in total. The minimum Gasteiger partial charge on any atom is -0.324 e. The molecule has 0 atom stereocenters. The summed E-state index contributed by atoms with van der Waals surface area (Å²) >= 11 is 0. The Bertz CT molecular complexity index is 1000. The number of halogens is 3. The van der Waals surface area contributed by atoms with Crippen LogP contribution in [0.5, 0.6) is 0 Å². The lowest BCUT2D eigenvalue weighted by atomic mass is 10.1. The minimum absolute atomic E-state index is 0.0449. The summed E-state index contributed by atoms with van der Waals surface area (Å²) in [6.07, 6.45) is -2.06. The van der Waals surface area contributed by atoms with E-state index in [0.717, 1.165) is 22.9 Å². The second-order valence-corrected chi connectivity index (χ2v) is 6.17. The Morgan fingerprint density at radius 1 is 0.929 bits per heavy atom. The Balaban J connectivity index is 1.75. The maximum absolute atomic E-state index is 13.0. The van der Waals surface area contributed by atoms with Crippen LogP contribution in [-0.4, -0.2) is 15.9 Å². The van der Waals surface area contributed by atoms with Crippen LogP contribution < -0.4 is 10.6 Å². The fourth-order valence-corrected chi connectivity index (χ4v) is 2.55. The van der Waals surface area contributed by atoms with Crippen molar-refractivity contribution < 1.29 is 18.0 Å². The third kappa shape index (κ3) is 4.28. The average Bonchev–Trinajstić information content (AvgIpc) is 2.65. The Kier molecular flexibility index (Phi) is 5.30. The van der Waals surface area contributed by atoms with Crippen molar-refractivity contribution in [2.45, 2.75) is 20.0 Å². The van der Waals surface area contributed by atoms with E-state index in [1.165, 1.54) is 30.6 Å². The topological polar surface area (TPSA) is 66.9 Å². The van der Waals surface area contributed by atoms with E-state index in [1.807, 2.05) is 32.0 Å². The number of rotatable bonds is 4. The van der Waals surface area contributed by atoms with Crippen LogP contribution in [0.15, 0.2) is 54.9 Å². The van der Waals surface area contributed by atoms with E-state index in [1.54, 1.807) is 0 Å². The number of para-hydroxylation sites is 1. The average molecular weight is 386 g/mol. The van der Waals surface area contributed by atoms with Gasteiger partial charge in [0.05, 0.1) is 16.8 Å². The number of nitrogens with one attached hydrogen (secondary N) is 2. The molecular weight excluding hydrogens is 369 g/mol. The fraction of sp³-hybridized carbons (Fsp3) is 0.150. The van der Waals surface area contributed by atoms with E-state index in [-0.39, 0.29) is 17.2 Å². The number of hydrogen-bond acceptors (Lipinski definition) is 4. The minimum atomic E-state index is -4.57. The van der Waals surface area contributed by atoms with Gasteiger partial charge in [-0.25, -0.2) is 9.97 Å². The normalized spacial score (nSPS) is 11.2. The lowest BCUT2D eigenvalue weighted by Crippen LogP contribution is -2.17. The highest BCUT2D eigenvalue weighted by atomic mass is 19.4. The van der Waals surface area contributed by atoms with Crippen LogP contribution in [0.1, 0.15) is 27.0 Å². The molecule has 144 valence electrons. The van der Waals surface area contributed by atoms with Gasteiger partial charge in [-0.2, -0.15) is 13.2 Å². The van der Waals surface area contributed by atoms with Crippen LogP contribution in [0.3, 0.4) is 0 Å². The van der Waals surface area contributed by atoms with Gasteiger partial charge >= 0.3 is 6.18 Å². The van der Waals surface area contributed by atoms with E-state index >= 15 is 0 Å². The largest absolute Gasteiger partial charge is 0.418 e. The number of hydrogen-bond donors (Lipinski definition) is 2. The van der Waals surface area contributed by atoms with Gasteiger partial charge in [0.2, 0.25) is 5.95 Å². The Morgan fingerprint density at radius 2 is 1.57 bits per heavy atom. The zero-order chi connectivity index (χ0) is 20.3. The second kappa shape index (κ2) is 7.67. The first kappa shape index (κ1) is 19.3. The van der Waals surface area contributed by atoms with Crippen LogP contribution in [-0.2, 0) is 6.18 Å². The molecule has 5 nitrogen and oxygen atoms in total. The summed E-state index contributed by atoms with van der Waals surface area (Å²) < 4.78 is 39.1. The molecule has 0 aliphatic carbocycles. The van der Waals surface area contributed by atoms with Crippen molar-refractivity contribution in [3.05, 3.63) is 77.1 Å². The number of aryl methyl sites for hydroxylation is 1. The van der Waals surface area contributed by atoms with Crippen molar-refractivity contribution in [1.82, 2.24) is 9.97 Å². The first-order valence-corrected chi connectivity index (χ1v) is 8.38. The smallest absolute Gasteiger partial charge is 0.324 e. The van der Waals surface area contributed by atoms with E-state index < -0.39 is 17.6 Å². The molecular formula is C20H17F3N4O. The summed E-state index contributed by atoms with van der Waals surface area (Å²) in [6.45, 7) is 3.94. The quantitative estimate of drug-likeness (QED) is 0.654. The number of aromatic nitrogens is 2. The lowest BCUT2D eigenvalue weighted by Gasteiger charge is -2.13. The number of carbonyl (C=O) groups excluding carboxylic acids is 1. The van der Waals surface area contributed by atoms with Crippen LogP contribution >= 0.6 is 0 Å². The molecule has 28 heavy (non-hydrogen) atoms. The molecule has 0 bridgehead atoms. The van der Waals surface area contributed by atoms with Crippen molar-refractivity contribution >= 4 is 23.2 Å². The monoisotopic (exact) mass is 386 g/mol. The van der Waals surface area contributed by atoms with Gasteiger partial charge in [0.25, 0.3) is 5.91 Å². The van der Waals surface area contributed by atoms with Gasteiger partial charge in [-0.1, -0.05) is 24.3 Å². The highest BCUT2D eigenvalue weighted by Crippen LogP contribution is 2.34. The van der Waals surface area contributed by atoms with E-state index in [0.29, 0.717) is 0 Å². The molecule has 2 aromatic carbocycles. The Labute approximate surface area is 159 Å². The predicted octanol–water partition coefficient (Wildman–Crippen LogP) is 5.11. The molecule has 0 aliphatic heterocycles. The predicted molar refractivity (Wildman–Crippen MR) is 101 cm³/mol. The molecule has 0 aliphatic rings. The molecule has 1 amide bonds. The molecule has 0 fully saturated rings. The summed E-state index contributed by atoms with van der Waals surface area (Å²) in [5.74, 6) is -0.448. The zero-order valence-corrected chi connectivity index (χ0v) is 15.1. The van der Waals surface area contributed by atoms with Gasteiger partial charge in [-0.3, -0.25) is 4.79 Å². The molecule has 0 radical (unpaired) electrons. The summed E-state index contributed by atoms with van der Waals surface area (Å²) in [5, 5.41) is 5.31. The summed E-state index contributed by atoms with van der Waals surface area (Å²) in [5.41, 5.74) is 1.77. The molecule has 0 saturated carbocycles. The molecule has 1 heterocycles. The van der Waals surface area contributed by atoms with Gasteiger partial charge in [0, 0.05) is 18.1 Å². The van der Waals surface area contributed by atoms with Gasteiger partial charge < -0.3 is 10.6 Å². The third-order valence-corrected chi connectivity index (χ3v) is 4.25. The van der Waals surface area contributed by atoms with Crippen LogP contribution in [0.2, 0.25) is 0 Å². The number of anilines is 3. The number of nitrogens with zero attached hydrogens (tertiary/aromatic N) is 2. The molecule has 0 spiro atoms. The molecule has 1 aromatic heterocycles. The number of amides is 1. The van der Waals surface area contributed by atoms with Gasteiger partial charge in [0.1, 0.15) is 0 Å². The molecule has 3 rings (SSSR count). The van der Waals surface area contributed by atoms with Crippen LogP contribution in [0.25, 0.3) is 0 Å². The maximum Gasteiger partial charge on any atom is 0.418 e. The van der Waals surface area contributed by atoms with Crippen molar-refractivity contribution in [3.8, 4) is 0 Å². The zero-order valence-electron chi connectivity index (χ0n) is 15.1. The van der Waals surface area contributed by atoms with Crippen molar-refractivity contribution in [1.29, 1.82) is 0 Å².